The van der Waals surface area contributed by atoms with Crippen LogP contribution in [0.3, 0.4) is 0 Å². The van der Waals surface area contributed by atoms with Crippen molar-refractivity contribution in [2.45, 2.75) is 6.92 Å². The van der Waals surface area contributed by atoms with Crippen LogP contribution in [0.2, 0.25) is 0 Å². The molecule has 0 spiro atoms. The molecule has 1 aromatic heterocycles. The van der Waals surface area contributed by atoms with Crippen molar-refractivity contribution in [3.63, 3.8) is 0 Å². The smallest absolute Gasteiger partial charge is 0.416 e. The summed E-state index contributed by atoms with van der Waals surface area (Å²) in [4.78, 5) is 22.1. The molecule has 0 bridgehead atoms. The SMILES string of the molecule is Cc1c(C=O)c2c(I)cccc2n1C(=O)O. The molecule has 1 heterocycles. The molecule has 0 saturated heterocycles. The van der Waals surface area contributed by atoms with Crippen LogP contribution < -0.4 is 0 Å². The molecule has 0 aliphatic heterocycles. The molecule has 16 heavy (non-hydrogen) atoms. The molecule has 1 aromatic carbocycles. The Labute approximate surface area is 105 Å². The molecule has 1 N–H and O–H groups in total. The number of carboxylic acid groups (broad SMARTS) is 1. The van der Waals surface area contributed by atoms with E-state index in [-0.39, 0.29) is 0 Å². The second kappa shape index (κ2) is 3.89. The van der Waals surface area contributed by atoms with Crippen LogP contribution in [0, 0.1) is 10.5 Å². The molecule has 0 unspecified atom stereocenters. The molecule has 82 valence electrons. The number of halogens is 1. The fourth-order valence-corrected chi connectivity index (χ4v) is 2.61. The highest BCUT2D eigenvalue weighted by Crippen LogP contribution is 2.28. The molecular formula is C11H8INO3. The predicted octanol–water partition coefficient (Wildman–Crippen LogP) is 2.89. The van der Waals surface area contributed by atoms with Crippen LogP contribution in [-0.2, 0) is 0 Å². The highest BCUT2D eigenvalue weighted by Gasteiger charge is 2.18. The summed E-state index contributed by atoms with van der Waals surface area (Å²) in [6, 6.07) is 5.32. The van der Waals surface area contributed by atoms with Crippen LogP contribution >= 0.6 is 22.6 Å². The van der Waals surface area contributed by atoms with Gasteiger partial charge in [0.15, 0.2) is 6.29 Å². The second-order valence-corrected chi connectivity index (χ2v) is 4.53. The van der Waals surface area contributed by atoms with E-state index in [9.17, 15) is 9.59 Å². The quantitative estimate of drug-likeness (QED) is 0.646. The summed E-state index contributed by atoms with van der Waals surface area (Å²) < 4.78 is 2.02. The van der Waals surface area contributed by atoms with Gasteiger partial charge in [-0.1, -0.05) is 6.07 Å². The van der Waals surface area contributed by atoms with E-state index in [4.69, 9.17) is 5.11 Å². The summed E-state index contributed by atoms with van der Waals surface area (Å²) in [5, 5.41) is 9.81. The van der Waals surface area contributed by atoms with Crippen molar-refractivity contribution in [1.82, 2.24) is 4.57 Å². The van der Waals surface area contributed by atoms with Crippen LogP contribution in [0.25, 0.3) is 10.9 Å². The monoisotopic (exact) mass is 329 g/mol. The van der Waals surface area contributed by atoms with E-state index in [1.54, 1.807) is 19.1 Å². The lowest BCUT2D eigenvalue weighted by molar-refractivity contribution is 0.112. The molecule has 2 aromatic rings. The number of hydrogen-bond acceptors (Lipinski definition) is 2. The average Bonchev–Trinajstić information content (AvgIpc) is 2.51. The van der Waals surface area contributed by atoms with Gasteiger partial charge < -0.3 is 5.11 Å². The highest BCUT2D eigenvalue weighted by atomic mass is 127. The zero-order valence-corrected chi connectivity index (χ0v) is 10.6. The van der Waals surface area contributed by atoms with Crippen molar-refractivity contribution >= 4 is 45.9 Å². The third-order valence-corrected chi connectivity index (χ3v) is 3.44. The Morgan fingerprint density at radius 2 is 2.19 bits per heavy atom. The van der Waals surface area contributed by atoms with Crippen molar-refractivity contribution in [3.05, 3.63) is 33.0 Å². The average molecular weight is 329 g/mol. The molecule has 4 nitrogen and oxygen atoms in total. The van der Waals surface area contributed by atoms with Crippen molar-refractivity contribution in [3.8, 4) is 0 Å². The summed E-state index contributed by atoms with van der Waals surface area (Å²) in [5.74, 6) is 0. The van der Waals surface area contributed by atoms with E-state index in [0.29, 0.717) is 28.4 Å². The maximum Gasteiger partial charge on any atom is 0.416 e. The fraction of sp³-hybridized carbons (Fsp3) is 0.0909. The largest absolute Gasteiger partial charge is 0.464 e. The maximum atomic E-state index is 11.1. The van der Waals surface area contributed by atoms with E-state index < -0.39 is 6.09 Å². The Bertz CT molecular complexity index is 601. The van der Waals surface area contributed by atoms with Gasteiger partial charge >= 0.3 is 6.09 Å². The first-order chi connectivity index (χ1) is 7.57. The van der Waals surface area contributed by atoms with Crippen molar-refractivity contribution < 1.29 is 14.7 Å². The summed E-state index contributed by atoms with van der Waals surface area (Å²) in [7, 11) is 0. The van der Waals surface area contributed by atoms with Gasteiger partial charge in [0.25, 0.3) is 0 Å². The van der Waals surface area contributed by atoms with Crippen LogP contribution in [-0.4, -0.2) is 22.1 Å². The number of rotatable bonds is 1. The van der Waals surface area contributed by atoms with E-state index in [1.807, 2.05) is 6.07 Å². The van der Waals surface area contributed by atoms with Gasteiger partial charge in [0.2, 0.25) is 0 Å². The maximum absolute atomic E-state index is 11.1. The Balaban J connectivity index is 3.03. The Kier molecular flexibility index (Phi) is 2.71. The fourth-order valence-electron chi connectivity index (χ4n) is 1.84. The molecule has 5 heteroatoms. The molecule has 0 amide bonds. The van der Waals surface area contributed by atoms with Gasteiger partial charge in [0, 0.05) is 20.2 Å². The minimum absolute atomic E-state index is 0.447. The van der Waals surface area contributed by atoms with Crippen LogP contribution in [0.5, 0.6) is 0 Å². The van der Waals surface area contributed by atoms with Gasteiger partial charge in [0.1, 0.15) is 0 Å². The number of aldehydes is 1. The summed E-state index contributed by atoms with van der Waals surface area (Å²) >= 11 is 2.10. The third kappa shape index (κ3) is 1.42. The lowest BCUT2D eigenvalue weighted by Gasteiger charge is -2.00. The van der Waals surface area contributed by atoms with Crippen LogP contribution in [0.15, 0.2) is 18.2 Å². The molecular weight excluding hydrogens is 321 g/mol. The van der Waals surface area contributed by atoms with Crippen LogP contribution in [0.1, 0.15) is 16.1 Å². The third-order valence-electron chi connectivity index (χ3n) is 2.54. The van der Waals surface area contributed by atoms with Gasteiger partial charge in [0.05, 0.1) is 5.52 Å². The highest BCUT2D eigenvalue weighted by molar-refractivity contribution is 14.1. The number of hydrogen-bond donors (Lipinski definition) is 1. The number of carbonyl (C=O) groups excluding carboxylic acids is 1. The lowest BCUT2D eigenvalue weighted by atomic mass is 10.1. The first-order valence-corrected chi connectivity index (χ1v) is 5.63. The number of benzene rings is 1. The van der Waals surface area contributed by atoms with Gasteiger partial charge in [-0.3, -0.25) is 4.79 Å². The number of aromatic nitrogens is 1. The molecule has 0 fully saturated rings. The number of nitrogens with zero attached hydrogens (tertiary/aromatic N) is 1. The van der Waals surface area contributed by atoms with Gasteiger partial charge in [-0.25, -0.2) is 9.36 Å². The number of fused-ring (bicyclic) bond motifs is 1. The summed E-state index contributed by atoms with van der Waals surface area (Å²) in [6.07, 6.45) is -0.364. The minimum atomic E-state index is -1.07. The summed E-state index contributed by atoms with van der Waals surface area (Å²) in [5.41, 5.74) is 1.46. The normalized spacial score (nSPS) is 10.6. The topological polar surface area (TPSA) is 59.3 Å². The summed E-state index contributed by atoms with van der Waals surface area (Å²) in [6.45, 7) is 1.63. The van der Waals surface area contributed by atoms with E-state index in [0.717, 1.165) is 8.14 Å². The molecule has 0 aliphatic rings. The Morgan fingerprint density at radius 1 is 1.50 bits per heavy atom. The van der Waals surface area contributed by atoms with Gasteiger partial charge in [-0.15, -0.1) is 0 Å². The van der Waals surface area contributed by atoms with Crippen molar-refractivity contribution in [2.24, 2.45) is 0 Å². The minimum Gasteiger partial charge on any atom is -0.464 e. The Morgan fingerprint density at radius 3 is 2.75 bits per heavy atom. The van der Waals surface area contributed by atoms with Crippen molar-refractivity contribution in [2.75, 3.05) is 0 Å². The lowest BCUT2D eigenvalue weighted by Crippen LogP contribution is -2.09. The first-order valence-electron chi connectivity index (χ1n) is 4.56. The van der Waals surface area contributed by atoms with E-state index in [1.165, 1.54) is 0 Å². The molecule has 0 aliphatic carbocycles. The standard InChI is InChI=1S/C11H8INO3/c1-6-7(5-14)10-8(12)3-2-4-9(10)13(6)11(15)16/h2-5H,1H3,(H,15,16). The van der Waals surface area contributed by atoms with Crippen LogP contribution in [0.4, 0.5) is 4.79 Å². The van der Waals surface area contributed by atoms with Gasteiger partial charge in [-0.2, -0.15) is 0 Å². The zero-order chi connectivity index (χ0) is 11.9. The van der Waals surface area contributed by atoms with Crippen molar-refractivity contribution in [1.29, 1.82) is 0 Å². The number of carbonyl (C=O) groups is 2. The predicted molar refractivity (Wildman–Crippen MR) is 68.2 cm³/mol. The first kappa shape index (κ1) is 11.1. The van der Waals surface area contributed by atoms with E-state index in [2.05, 4.69) is 22.6 Å². The molecule has 0 radical (unpaired) electrons. The second-order valence-electron chi connectivity index (χ2n) is 3.37. The van der Waals surface area contributed by atoms with Gasteiger partial charge in [-0.05, 0) is 41.6 Å². The Hall–Kier alpha value is -1.37. The molecule has 0 atom stereocenters. The molecule has 2 rings (SSSR count). The zero-order valence-electron chi connectivity index (χ0n) is 8.40. The van der Waals surface area contributed by atoms with E-state index >= 15 is 0 Å². The molecule has 0 saturated carbocycles.